The number of aromatic nitrogens is 3. The Labute approximate surface area is 189 Å². The Morgan fingerprint density at radius 2 is 1.75 bits per heavy atom. The predicted molar refractivity (Wildman–Crippen MR) is 127 cm³/mol. The second kappa shape index (κ2) is 11.8. The number of nitrogens with zero attached hydrogens (tertiary/aromatic N) is 5. The summed E-state index contributed by atoms with van der Waals surface area (Å²) in [5.74, 6) is 2.18. The molecule has 3 rings (SSSR count). The maximum atomic E-state index is 13.1. The molecular weight excluding hydrogens is 405 g/mol. The zero-order valence-electron chi connectivity index (χ0n) is 19.1. The summed E-state index contributed by atoms with van der Waals surface area (Å²) in [5, 5.41) is 15.1. The minimum Gasteiger partial charge on any atom is -0.375 e. The highest BCUT2D eigenvalue weighted by molar-refractivity contribution is 5.79. The third kappa shape index (κ3) is 7.08. The molecule has 170 valence electrons. The van der Waals surface area contributed by atoms with Crippen LogP contribution in [0.5, 0.6) is 0 Å². The van der Waals surface area contributed by atoms with Gasteiger partial charge in [-0.3, -0.25) is 0 Å². The Kier molecular flexibility index (Phi) is 8.60. The molecule has 8 heteroatoms. The topological polar surface area (TPSA) is 70.4 Å². The minimum absolute atomic E-state index is 0.218. The van der Waals surface area contributed by atoms with E-state index in [4.69, 9.17) is 0 Å². The Hall–Kier alpha value is -3.42. The quantitative estimate of drug-likeness (QED) is 0.290. The summed E-state index contributed by atoms with van der Waals surface area (Å²) in [7, 11) is 4.04. The van der Waals surface area contributed by atoms with Crippen molar-refractivity contribution in [3.05, 3.63) is 77.6 Å². The van der Waals surface area contributed by atoms with Crippen LogP contribution in [0.25, 0.3) is 0 Å². The summed E-state index contributed by atoms with van der Waals surface area (Å²) in [6.07, 6.45) is 1.74. The van der Waals surface area contributed by atoms with Crippen LogP contribution in [-0.4, -0.2) is 47.4 Å². The lowest BCUT2D eigenvalue weighted by molar-refractivity contribution is 0.626. The van der Waals surface area contributed by atoms with Crippen molar-refractivity contribution in [2.75, 3.05) is 31.6 Å². The minimum atomic E-state index is -0.218. The van der Waals surface area contributed by atoms with Crippen LogP contribution in [0.3, 0.4) is 0 Å². The zero-order valence-corrected chi connectivity index (χ0v) is 19.1. The first kappa shape index (κ1) is 23.2. The van der Waals surface area contributed by atoms with Crippen LogP contribution in [0.4, 0.5) is 10.1 Å². The van der Waals surface area contributed by atoms with Gasteiger partial charge in [0.1, 0.15) is 18.2 Å². The van der Waals surface area contributed by atoms with Crippen molar-refractivity contribution in [1.29, 1.82) is 0 Å². The zero-order chi connectivity index (χ0) is 22.8. The van der Waals surface area contributed by atoms with Gasteiger partial charge in [-0.25, -0.2) is 9.38 Å². The number of para-hydroxylation sites is 1. The molecule has 3 aromatic rings. The Morgan fingerprint density at radius 1 is 1.03 bits per heavy atom. The molecule has 0 bridgehead atoms. The average molecular weight is 438 g/mol. The van der Waals surface area contributed by atoms with Gasteiger partial charge in [-0.1, -0.05) is 30.3 Å². The fourth-order valence-electron chi connectivity index (χ4n) is 3.22. The van der Waals surface area contributed by atoms with Crippen LogP contribution in [-0.2, 0) is 20.0 Å². The number of anilines is 1. The Balaban J connectivity index is 1.52. The number of rotatable bonds is 10. The molecule has 0 saturated carbocycles. The average Bonchev–Trinajstić information content (AvgIpc) is 3.13. The first-order valence-corrected chi connectivity index (χ1v) is 10.9. The van der Waals surface area contributed by atoms with Gasteiger partial charge in [0.15, 0.2) is 11.8 Å². The standard InChI is InChI=1S/C24H32FN7/c1-19-29-30-23(32(19)3)18-28-24(27-16-14-20-10-12-21(25)13-11-20)26-15-7-17-31(2)22-8-5-4-6-9-22/h4-6,8-13H,7,14-18H2,1-3H3,(H2,26,27,28). The largest absolute Gasteiger partial charge is 0.375 e. The van der Waals surface area contributed by atoms with E-state index in [0.717, 1.165) is 49.1 Å². The molecule has 0 saturated heterocycles. The number of hydrogen-bond donors (Lipinski definition) is 2. The van der Waals surface area contributed by atoms with Gasteiger partial charge in [-0.2, -0.15) is 0 Å². The van der Waals surface area contributed by atoms with Crippen LogP contribution in [0, 0.1) is 12.7 Å². The van der Waals surface area contributed by atoms with Crippen molar-refractivity contribution < 1.29 is 4.39 Å². The number of guanidine groups is 1. The molecule has 0 aliphatic rings. The van der Waals surface area contributed by atoms with E-state index in [1.54, 1.807) is 0 Å². The van der Waals surface area contributed by atoms with Crippen molar-refractivity contribution >= 4 is 11.6 Å². The van der Waals surface area contributed by atoms with E-state index in [0.29, 0.717) is 13.1 Å². The molecule has 1 aromatic heterocycles. The summed E-state index contributed by atoms with van der Waals surface area (Å²) >= 11 is 0. The van der Waals surface area contributed by atoms with Crippen molar-refractivity contribution in [3.63, 3.8) is 0 Å². The summed E-state index contributed by atoms with van der Waals surface area (Å²) in [5.41, 5.74) is 2.28. The number of hydrogen-bond acceptors (Lipinski definition) is 4. The molecule has 7 nitrogen and oxygen atoms in total. The first-order valence-electron chi connectivity index (χ1n) is 10.9. The lowest BCUT2D eigenvalue weighted by Gasteiger charge is -2.19. The van der Waals surface area contributed by atoms with Crippen molar-refractivity contribution in [2.24, 2.45) is 12.0 Å². The molecule has 2 aromatic carbocycles. The highest BCUT2D eigenvalue weighted by Gasteiger charge is 2.06. The van der Waals surface area contributed by atoms with Crippen LogP contribution < -0.4 is 15.5 Å². The number of benzene rings is 2. The van der Waals surface area contributed by atoms with Crippen molar-refractivity contribution in [2.45, 2.75) is 26.3 Å². The van der Waals surface area contributed by atoms with Crippen LogP contribution in [0.1, 0.15) is 23.6 Å². The fourth-order valence-corrected chi connectivity index (χ4v) is 3.22. The lowest BCUT2D eigenvalue weighted by Crippen LogP contribution is -2.39. The van der Waals surface area contributed by atoms with Gasteiger partial charge >= 0.3 is 0 Å². The molecule has 0 unspecified atom stereocenters. The van der Waals surface area contributed by atoms with Gasteiger partial charge in [-0.15, -0.1) is 10.2 Å². The summed E-state index contributed by atoms with van der Waals surface area (Å²) in [4.78, 5) is 6.92. The maximum Gasteiger partial charge on any atom is 0.191 e. The Bertz CT molecular complexity index is 983. The number of nitrogens with one attached hydrogen (secondary N) is 2. The predicted octanol–water partition coefficient (Wildman–Crippen LogP) is 3.07. The van der Waals surface area contributed by atoms with E-state index in [-0.39, 0.29) is 5.82 Å². The molecule has 2 N–H and O–H groups in total. The van der Waals surface area contributed by atoms with E-state index in [1.807, 2.05) is 48.9 Å². The lowest BCUT2D eigenvalue weighted by atomic mass is 10.1. The van der Waals surface area contributed by atoms with E-state index in [1.165, 1.54) is 17.8 Å². The first-order chi connectivity index (χ1) is 15.5. The van der Waals surface area contributed by atoms with Crippen LogP contribution in [0.15, 0.2) is 59.6 Å². The third-order valence-corrected chi connectivity index (χ3v) is 5.34. The van der Waals surface area contributed by atoms with Gasteiger partial charge in [-0.05, 0) is 49.6 Å². The number of aryl methyl sites for hydroxylation is 1. The van der Waals surface area contributed by atoms with Gasteiger partial charge in [0.25, 0.3) is 0 Å². The molecule has 0 atom stereocenters. The van der Waals surface area contributed by atoms with Gasteiger partial charge in [0.05, 0.1) is 0 Å². The molecule has 0 spiro atoms. The molecule has 0 fully saturated rings. The van der Waals surface area contributed by atoms with E-state index in [9.17, 15) is 4.39 Å². The van der Waals surface area contributed by atoms with Gasteiger partial charge in [0, 0.05) is 39.4 Å². The number of halogens is 1. The molecule has 32 heavy (non-hydrogen) atoms. The van der Waals surface area contributed by atoms with Crippen molar-refractivity contribution in [3.8, 4) is 0 Å². The molecular formula is C24H32FN7. The monoisotopic (exact) mass is 437 g/mol. The van der Waals surface area contributed by atoms with Crippen LogP contribution in [0.2, 0.25) is 0 Å². The van der Waals surface area contributed by atoms with Gasteiger partial charge in [0.2, 0.25) is 0 Å². The molecule has 1 heterocycles. The summed E-state index contributed by atoms with van der Waals surface area (Å²) in [6, 6.07) is 16.9. The molecule has 0 aliphatic heterocycles. The fraction of sp³-hybridized carbons (Fsp3) is 0.375. The summed E-state index contributed by atoms with van der Waals surface area (Å²) in [6.45, 7) is 4.77. The highest BCUT2D eigenvalue weighted by atomic mass is 19.1. The second-order valence-electron chi connectivity index (χ2n) is 7.73. The van der Waals surface area contributed by atoms with Gasteiger partial charge < -0.3 is 20.1 Å². The normalized spacial score (nSPS) is 11.4. The maximum absolute atomic E-state index is 13.1. The van der Waals surface area contributed by atoms with E-state index < -0.39 is 0 Å². The number of aliphatic imine (C=N–C) groups is 1. The summed E-state index contributed by atoms with van der Waals surface area (Å²) < 4.78 is 15.0. The molecule has 0 aliphatic carbocycles. The van der Waals surface area contributed by atoms with E-state index >= 15 is 0 Å². The van der Waals surface area contributed by atoms with Crippen LogP contribution >= 0.6 is 0 Å². The molecule has 0 amide bonds. The highest BCUT2D eigenvalue weighted by Crippen LogP contribution is 2.10. The third-order valence-electron chi connectivity index (χ3n) is 5.34. The SMILES string of the molecule is Cc1nnc(CN=C(NCCCN(C)c2ccccc2)NCCc2ccc(F)cc2)n1C. The van der Waals surface area contributed by atoms with Crippen molar-refractivity contribution in [1.82, 2.24) is 25.4 Å². The van der Waals surface area contributed by atoms with E-state index in [2.05, 4.69) is 49.9 Å². The second-order valence-corrected chi connectivity index (χ2v) is 7.73. The smallest absolute Gasteiger partial charge is 0.191 e. The molecule has 0 radical (unpaired) electrons. The Morgan fingerprint density at radius 3 is 2.44 bits per heavy atom.